The number of amides is 3. The van der Waals surface area contributed by atoms with E-state index >= 15 is 0 Å². The molecule has 0 radical (unpaired) electrons. The molecule has 0 saturated heterocycles. The lowest BCUT2D eigenvalue weighted by atomic mass is 10.0. The summed E-state index contributed by atoms with van der Waals surface area (Å²) in [6.07, 6.45) is 0.727. The minimum Gasteiger partial charge on any atom is -0.480 e. The zero-order valence-electron chi connectivity index (χ0n) is 17.6. The fourth-order valence-electron chi connectivity index (χ4n) is 2.36. The maximum absolute atomic E-state index is 12.6. The summed E-state index contributed by atoms with van der Waals surface area (Å²) in [5.74, 6) is -4.15. The zero-order chi connectivity index (χ0) is 24.1. The van der Waals surface area contributed by atoms with E-state index in [0.29, 0.717) is 13.0 Å². The Morgan fingerprint density at radius 2 is 1.58 bits per heavy atom. The summed E-state index contributed by atoms with van der Waals surface area (Å²) in [7, 11) is 0. The lowest BCUT2D eigenvalue weighted by Crippen LogP contribution is -2.59. The Morgan fingerprint density at radius 3 is 2.03 bits per heavy atom. The Hall–Kier alpha value is -2.58. The molecule has 0 aromatic rings. The smallest absolute Gasteiger partial charge is 0.327 e. The number of hydrogen-bond acceptors (Lipinski definition) is 8. The summed E-state index contributed by atoms with van der Waals surface area (Å²) in [5.41, 5.74) is 16.3. The third-order valence-electron chi connectivity index (χ3n) is 4.16. The molecule has 0 aliphatic carbocycles. The minimum atomic E-state index is -1.42. The van der Waals surface area contributed by atoms with Crippen LogP contribution in [0, 0.1) is 5.92 Å². The van der Waals surface area contributed by atoms with Crippen molar-refractivity contribution in [1.82, 2.24) is 16.0 Å². The second kappa shape index (κ2) is 14.4. The first-order valence-electron chi connectivity index (χ1n) is 9.61. The van der Waals surface area contributed by atoms with E-state index in [9.17, 15) is 24.3 Å². The number of nitrogens with one attached hydrogen (secondary N) is 3. The number of hydrogen-bond donors (Lipinski definition) is 9. The SMILES string of the molecule is CC(C)C(NC(=O)C(N)CCCN=C(N)N)C(=O)NC(CO)C(=O)NC(CS)C(=O)O. The van der Waals surface area contributed by atoms with Crippen molar-refractivity contribution >= 4 is 42.3 Å². The van der Waals surface area contributed by atoms with E-state index in [4.69, 9.17) is 22.3 Å². The van der Waals surface area contributed by atoms with Crippen molar-refractivity contribution in [2.75, 3.05) is 18.9 Å². The summed E-state index contributed by atoms with van der Waals surface area (Å²) in [4.78, 5) is 51.9. The number of aliphatic carboxylic acids is 1. The molecule has 0 aliphatic heterocycles. The van der Waals surface area contributed by atoms with Crippen LogP contribution in [0.5, 0.6) is 0 Å². The molecule has 4 atom stereocenters. The van der Waals surface area contributed by atoms with Gasteiger partial charge in [0.25, 0.3) is 0 Å². The van der Waals surface area contributed by atoms with Crippen LogP contribution < -0.4 is 33.2 Å². The fraction of sp³-hybridized carbons (Fsp3) is 0.706. The van der Waals surface area contributed by atoms with Gasteiger partial charge in [0.1, 0.15) is 18.1 Å². The van der Waals surface area contributed by atoms with Crippen LogP contribution in [-0.4, -0.2) is 82.9 Å². The Balaban J connectivity index is 4.97. The fourth-order valence-corrected chi connectivity index (χ4v) is 2.61. The predicted octanol–water partition coefficient (Wildman–Crippen LogP) is -3.52. The van der Waals surface area contributed by atoms with Gasteiger partial charge in [-0.05, 0) is 18.8 Å². The number of carbonyl (C=O) groups is 4. The predicted molar refractivity (Wildman–Crippen MR) is 117 cm³/mol. The number of rotatable bonds is 14. The topological polar surface area (TPSA) is 235 Å². The molecule has 0 saturated carbocycles. The number of carbonyl (C=O) groups excluding carboxylic acids is 3. The van der Waals surface area contributed by atoms with Crippen LogP contribution in [-0.2, 0) is 19.2 Å². The van der Waals surface area contributed by atoms with E-state index in [1.54, 1.807) is 13.8 Å². The van der Waals surface area contributed by atoms with Gasteiger partial charge in [-0.15, -0.1) is 0 Å². The largest absolute Gasteiger partial charge is 0.480 e. The average Bonchev–Trinajstić information content (AvgIpc) is 2.69. The number of nitrogens with zero attached hydrogens (tertiary/aromatic N) is 1. The third-order valence-corrected chi connectivity index (χ3v) is 4.53. The molecule has 0 fully saturated rings. The van der Waals surface area contributed by atoms with Gasteiger partial charge in [-0.25, -0.2) is 4.79 Å². The maximum Gasteiger partial charge on any atom is 0.327 e. The Labute approximate surface area is 186 Å². The van der Waals surface area contributed by atoms with E-state index in [2.05, 4.69) is 33.6 Å². The first-order chi connectivity index (χ1) is 14.4. The standard InChI is InChI=1S/C17H33N7O6S/c1-8(2)12(24-13(26)9(18)4-3-5-21-17(19)20)15(28)22-10(6-25)14(27)23-11(7-31)16(29)30/h8-12,25,31H,3-7,18H2,1-2H3,(H,22,28)(H,23,27)(H,24,26)(H,29,30)(H4,19,20,21). The van der Waals surface area contributed by atoms with Crippen molar-refractivity contribution in [2.24, 2.45) is 28.1 Å². The van der Waals surface area contributed by atoms with Crippen molar-refractivity contribution in [1.29, 1.82) is 0 Å². The molecule has 0 heterocycles. The highest BCUT2D eigenvalue weighted by atomic mass is 32.1. The summed E-state index contributed by atoms with van der Waals surface area (Å²) >= 11 is 3.83. The number of aliphatic hydroxyl groups is 1. The first-order valence-corrected chi connectivity index (χ1v) is 10.2. The zero-order valence-corrected chi connectivity index (χ0v) is 18.5. The van der Waals surface area contributed by atoms with Crippen LogP contribution in [0.3, 0.4) is 0 Å². The highest BCUT2D eigenvalue weighted by molar-refractivity contribution is 7.80. The number of aliphatic hydroxyl groups excluding tert-OH is 1. The van der Waals surface area contributed by atoms with E-state index in [1.165, 1.54) is 0 Å². The van der Waals surface area contributed by atoms with Gasteiger partial charge in [0.15, 0.2) is 5.96 Å². The molecule has 0 rings (SSSR count). The maximum atomic E-state index is 12.6. The normalized spacial score (nSPS) is 14.6. The van der Waals surface area contributed by atoms with E-state index in [0.717, 1.165) is 0 Å². The number of aliphatic imine (C=N–C) groups is 1. The molecule has 0 aliphatic rings. The highest BCUT2D eigenvalue weighted by Crippen LogP contribution is 2.05. The second-order valence-corrected chi connectivity index (χ2v) is 7.48. The average molecular weight is 464 g/mol. The first kappa shape index (κ1) is 28.4. The molecular formula is C17H33N7O6S. The lowest BCUT2D eigenvalue weighted by molar-refractivity contribution is -0.142. The van der Waals surface area contributed by atoms with Crippen LogP contribution >= 0.6 is 12.6 Å². The second-order valence-electron chi connectivity index (χ2n) is 7.11. The summed E-state index contributed by atoms with van der Waals surface area (Å²) in [6.45, 7) is 2.86. The number of carboxylic acid groups (broad SMARTS) is 1. The number of guanidine groups is 1. The molecule has 178 valence electrons. The summed E-state index contributed by atoms with van der Waals surface area (Å²) in [5, 5.41) is 25.4. The number of carboxylic acids is 1. The number of nitrogens with two attached hydrogens (primary N) is 3. The molecule has 31 heavy (non-hydrogen) atoms. The molecule has 11 N–H and O–H groups in total. The Bertz CT molecular complexity index is 657. The molecular weight excluding hydrogens is 430 g/mol. The van der Waals surface area contributed by atoms with Gasteiger partial charge < -0.3 is 43.4 Å². The lowest BCUT2D eigenvalue weighted by Gasteiger charge is -2.26. The molecule has 0 aromatic carbocycles. The van der Waals surface area contributed by atoms with Gasteiger partial charge in [0.05, 0.1) is 12.6 Å². The highest BCUT2D eigenvalue weighted by Gasteiger charge is 2.31. The van der Waals surface area contributed by atoms with Crippen LogP contribution in [0.25, 0.3) is 0 Å². The van der Waals surface area contributed by atoms with Crippen molar-refractivity contribution in [3.8, 4) is 0 Å². The van der Waals surface area contributed by atoms with Gasteiger partial charge in [-0.3, -0.25) is 19.4 Å². The van der Waals surface area contributed by atoms with Crippen molar-refractivity contribution in [2.45, 2.75) is 50.9 Å². The van der Waals surface area contributed by atoms with E-state index in [1.807, 2.05) is 0 Å². The van der Waals surface area contributed by atoms with Gasteiger partial charge >= 0.3 is 5.97 Å². The van der Waals surface area contributed by atoms with Crippen molar-refractivity contribution in [3.63, 3.8) is 0 Å². The van der Waals surface area contributed by atoms with Gasteiger partial charge in [-0.1, -0.05) is 13.8 Å². The molecule has 4 unspecified atom stereocenters. The van der Waals surface area contributed by atoms with Gasteiger partial charge in [0.2, 0.25) is 17.7 Å². The molecule has 0 aromatic heterocycles. The Morgan fingerprint density at radius 1 is 1.00 bits per heavy atom. The quantitative estimate of drug-likeness (QED) is 0.0536. The third kappa shape index (κ3) is 10.8. The van der Waals surface area contributed by atoms with Gasteiger partial charge in [0, 0.05) is 12.3 Å². The van der Waals surface area contributed by atoms with E-state index in [-0.39, 0.29) is 24.1 Å². The van der Waals surface area contributed by atoms with Gasteiger partial charge in [-0.2, -0.15) is 12.6 Å². The Kier molecular flexibility index (Phi) is 13.2. The molecule has 0 spiro atoms. The monoisotopic (exact) mass is 463 g/mol. The molecule has 0 bridgehead atoms. The van der Waals surface area contributed by atoms with Crippen LogP contribution in [0.1, 0.15) is 26.7 Å². The summed E-state index contributed by atoms with van der Waals surface area (Å²) < 4.78 is 0. The van der Waals surface area contributed by atoms with Crippen molar-refractivity contribution in [3.05, 3.63) is 0 Å². The molecule has 3 amide bonds. The molecule has 14 heteroatoms. The van der Waals surface area contributed by atoms with Crippen molar-refractivity contribution < 1.29 is 29.4 Å². The van der Waals surface area contributed by atoms with Crippen LogP contribution in [0.2, 0.25) is 0 Å². The number of thiol groups is 1. The minimum absolute atomic E-state index is 0.0684. The van der Waals surface area contributed by atoms with E-state index < -0.39 is 54.5 Å². The van der Waals surface area contributed by atoms with Crippen LogP contribution in [0.15, 0.2) is 4.99 Å². The van der Waals surface area contributed by atoms with Crippen LogP contribution in [0.4, 0.5) is 0 Å². The summed E-state index contributed by atoms with van der Waals surface area (Å²) in [6, 6.07) is -4.66. The molecule has 13 nitrogen and oxygen atoms in total.